The molecule has 1 N–H and O–H groups in total. The van der Waals surface area contributed by atoms with E-state index in [-0.39, 0.29) is 5.88 Å². The van der Waals surface area contributed by atoms with Gasteiger partial charge in [-0.1, -0.05) is 38.1 Å². The van der Waals surface area contributed by atoms with Crippen molar-refractivity contribution in [3.05, 3.63) is 59.3 Å². The van der Waals surface area contributed by atoms with Crippen LogP contribution in [0.5, 0.6) is 5.88 Å². The molecule has 128 valence electrons. The molecule has 1 aliphatic heterocycles. The molecule has 2 heterocycles. The lowest BCUT2D eigenvalue weighted by Gasteiger charge is -2.40. The van der Waals surface area contributed by atoms with E-state index < -0.39 is 0 Å². The Morgan fingerprint density at radius 3 is 2.75 bits per heavy atom. The van der Waals surface area contributed by atoms with Gasteiger partial charge in [-0.3, -0.25) is 9.80 Å². The normalized spacial score (nSPS) is 19.8. The zero-order valence-electron chi connectivity index (χ0n) is 14.8. The fourth-order valence-corrected chi connectivity index (χ4v) is 3.57. The van der Waals surface area contributed by atoms with E-state index in [1.165, 1.54) is 11.1 Å². The first kappa shape index (κ1) is 16.9. The molecule has 0 amide bonds. The van der Waals surface area contributed by atoms with Gasteiger partial charge in [0.25, 0.3) is 0 Å². The van der Waals surface area contributed by atoms with Crippen LogP contribution in [0.2, 0.25) is 0 Å². The molecule has 0 bridgehead atoms. The summed E-state index contributed by atoms with van der Waals surface area (Å²) in [4.78, 5) is 8.80. The average molecular weight is 325 g/mol. The molecule has 1 fully saturated rings. The SMILES string of the molecule is CC(C)c1ccccc1C1CN(Cc2ccnc(O)c2)CCN1C. The van der Waals surface area contributed by atoms with Crippen molar-refractivity contribution in [2.75, 3.05) is 26.7 Å². The summed E-state index contributed by atoms with van der Waals surface area (Å²) in [7, 11) is 2.22. The first-order valence-corrected chi connectivity index (χ1v) is 8.70. The molecule has 0 radical (unpaired) electrons. The Balaban J connectivity index is 1.79. The molecule has 1 aromatic carbocycles. The van der Waals surface area contributed by atoms with Crippen LogP contribution in [0, 0.1) is 0 Å². The highest BCUT2D eigenvalue weighted by Gasteiger charge is 2.27. The van der Waals surface area contributed by atoms with Gasteiger partial charge < -0.3 is 5.11 Å². The van der Waals surface area contributed by atoms with Gasteiger partial charge in [-0.2, -0.15) is 0 Å². The minimum atomic E-state index is 0.100. The monoisotopic (exact) mass is 325 g/mol. The number of hydrogen-bond acceptors (Lipinski definition) is 4. The standard InChI is InChI=1S/C20H27N3O/c1-15(2)17-6-4-5-7-18(17)19-14-23(11-10-22(19)3)13-16-8-9-21-20(24)12-16/h4-9,12,15,19H,10-11,13-14H2,1-3H3,(H,21,24). The number of aromatic hydroxyl groups is 1. The molecule has 3 rings (SSSR count). The van der Waals surface area contributed by atoms with E-state index in [0.717, 1.165) is 31.7 Å². The number of benzene rings is 1. The Hall–Kier alpha value is -1.91. The summed E-state index contributed by atoms with van der Waals surface area (Å²) in [6, 6.07) is 13.0. The van der Waals surface area contributed by atoms with E-state index in [1.54, 1.807) is 12.3 Å². The van der Waals surface area contributed by atoms with Crippen LogP contribution < -0.4 is 0 Å². The van der Waals surface area contributed by atoms with Gasteiger partial charge in [0.15, 0.2) is 0 Å². The van der Waals surface area contributed by atoms with Crippen molar-refractivity contribution >= 4 is 0 Å². The summed E-state index contributed by atoms with van der Waals surface area (Å²) < 4.78 is 0. The third-order valence-corrected chi connectivity index (χ3v) is 4.93. The van der Waals surface area contributed by atoms with Crippen LogP contribution in [0.3, 0.4) is 0 Å². The first-order valence-electron chi connectivity index (χ1n) is 8.70. The van der Waals surface area contributed by atoms with E-state index in [9.17, 15) is 5.11 Å². The molecular weight excluding hydrogens is 298 g/mol. The maximum absolute atomic E-state index is 9.57. The number of likely N-dealkylation sites (N-methyl/N-ethyl adjacent to an activating group) is 1. The fraction of sp³-hybridized carbons (Fsp3) is 0.450. The molecule has 0 spiro atoms. The zero-order valence-corrected chi connectivity index (χ0v) is 14.8. The number of pyridine rings is 1. The van der Waals surface area contributed by atoms with Gasteiger partial charge in [0.05, 0.1) is 0 Å². The summed E-state index contributed by atoms with van der Waals surface area (Å²) in [5.41, 5.74) is 4.00. The zero-order chi connectivity index (χ0) is 17.1. The van der Waals surface area contributed by atoms with Gasteiger partial charge in [-0.15, -0.1) is 0 Å². The number of aromatic nitrogens is 1. The fourth-order valence-electron chi connectivity index (χ4n) is 3.57. The molecule has 24 heavy (non-hydrogen) atoms. The second-order valence-electron chi connectivity index (χ2n) is 7.04. The van der Waals surface area contributed by atoms with Gasteiger partial charge in [-0.05, 0) is 35.7 Å². The Labute approximate surface area is 144 Å². The lowest BCUT2D eigenvalue weighted by molar-refractivity contribution is 0.0898. The van der Waals surface area contributed by atoms with Crippen molar-refractivity contribution < 1.29 is 5.11 Å². The van der Waals surface area contributed by atoms with E-state index in [0.29, 0.717) is 12.0 Å². The van der Waals surface area contributed by atoms with Crippen LogP contribution >= 0.6 is 0 Å². The van der Waals surface area contributed by atoms with Crippen molar-refractivity contribution in [3.63, 3.8) is 0 Å². The van der Waals surface area contributed by atoms with Gasteiger partial charge in [0, 0.05) is 44.5 Å². The van der Waals surface area contributed by atoms with E-state index in [1.807, 2.05) is 6.07 Å². The quantitative estimate of drug-likeness (QED) is 0.935. The molecule has 1 unspecified atom stereocenters. The first-order chi connectivity index (χ1) is 11.5. The van der Waals surface area contributed by atoms with Crippen molar-refractivity contribution in [3.8, 4) is 5.88 Å². The molecule has 1 atom stereocenters. The van der Waals surface area contributed by atoms with Gasteiger partial charge >= 0.3 is 0 Å². The highest BCUT2D eigenvalue weighted by molar-refractivity contribution is 5.33. The number of nitrogens with zero attached hydrogens (tertiary/aromatic N) is 3. The van der Waals surface area contributed by atoms with Crippen molar-refractivity contribution in [2.45, 2.75) is 32.4 Å². The number of hydrogen-bond donors (Lipinski definition) is 1. The van der Waals surface area contributed by atoms with Crippen LogP contribution in [0.25, 0.3) is 0 Å². The van der Waals surface area contributed by atoms with Crippen LogP contribution in [-0.2, 0) is 6.54 Å². The maximum atomic E-state index is 9.57. The highest BCUT2D eigenvalue weighted by atomic mass is 16.3. The smallest absolute Gasteiger partial charge is 0.210 e. The maximum Gasteiger partial charge on any atom is 0.210 e. The molecule has 2 aromatic rings. The van der Waals surface area contributed by atoms with Crippen LogP contribution in [-0.4, -0.2) is 46.6 Å². The molecule has 0 saturated carbocycles. The molecular formula is C20H27N3O. The second-order valence-corrected chi connectivity index (χ2v) is 7.04. The summed E-state index contributed by atoms with van der Waals surface area (Å²) in [6.45, 7) is 8.47. The molecule has 0 aliphatic carbocycles. The predicted octanol–water partition coefficient (Wildman–Crippen LogP) is 3.40. The summed E-state index contributed by atoms with van der Waals surface area (Å²) in [6.07, 6.45) is 1.67. The Bertz CT molecular complexity index is 686. The van der Waals surface area contributed by atoms with Gasteiger partial charge in [0.1, 0.15) is 0 Å². The second kappa shape index (κ2) is 7.32. The van der Waals surface area contributed by atoms with E-state index >= 15 is 0 Å². The topological polar surface area (TPSA) is 39.6 Å². The molecule has 1 saturated heterocycles. The van der Waals surface area contributed by atoms with Gasteiger partial charge in [0.2, 0.25) is 5.88 Å². The van der Waals surface area contributed by atoms with Crippen LogP contribution in [0.15, 0.2) is 42.6 Å². The third-order valence-electron chi connectivity index (χ3n) is 4.93. The number of piperazine rings is 1. The minimum Gasteiger partial charge on any atom is -0.493 e. The summed E-state index contributed by atoms with van der Waals surface area (Å²) in [5.74, 6) is 0.630. The largest absolute Gasteiger partial charge is 0.493 e. The lowest BCUT2D eigenvalue weighted by atomic mass is 9.91. The third kappa shape index (κ3) is 3.77. The Morgan fingerprint density at radius 2 is 2.00 bits per heavy atom. The van der Waals surface area contributed by atoms with Gasteiger partial charge in [-0.25, -0.2) is 4.98 Å². The van der Waals surface area contributed by atoms with Crippen LogP contribution in [0.1, 0.15) is 42.5 Å². The lowest BCUT2D eigenvalue weighted by Crippen LogP contribution is -2.46. The molecule has 1 aliphatic rings. The summed E-state index contributed by atoms with van der Waals surface area (Å²) >= 11 is 0. The molecule has 1 aromatic heterocycles. The average Bonchev–Trinajstić information content (AvgIpc) is 2.56. The molecule has 4 nitrogen and oxygen atoms in total. The van der Waals surface area contributed by atoms with E-state index in [4.69, 9.17) is 0 Å². The Kier molecular flexibility index (Phi) is 5.17. The predicted molar refractivity (Wildman–Crippen MR) is 97.1 cm³/mol. The summed E-state index contributed by atoms with van der Waals surface area (Å²) in [5, 5.41) is 9.57. The van der Waals surface area contributed by atoms with Crippen molar-refractivity contribution in [1.82, 2.24) is 14.8 Å². The van der Waals surface area contributed by atoms with Crippen molar-refractivity contribution in [1.29, 1.82) is 0 Å². The van der Waals surface area contributed by atoms with Crippen LogP contribution in [0.4, 0.5) is 0 Å². The minimum absolute atomic E-state index is 0.100. The highest BCUT2D eigenvalue weighted by Crippen LogP contribution is 2.31. The van der Waals surface area contributed by atoms with E-state index in [2.05, 4.69) is 59.9 Å². The Morgan fingerprint density at radius 1 is 1.21 bits per heavy atom. The van der Waals surface area contributed by atoms with Crippen molar-refractivity contribution in [2.24, 2.45) is 0 Å². The molecule has 4 heteroatoms. The number of rotatable bonds is 4.